The second-order valence-electron chi connectivity index (χ2n) is 3.82. The van der Waals surface area contributed by atoms with E-state index in [9.17, 15) is 4.79 Å². The van der Waals surface area contributed by atoms with E-state index >= 15 is 0 Å². The van der Waals surface area contributed by atoms with Gasteiger partial charge in [0.15, 0.2) is 0 Å². The first-order chi connectivity index (χ1) is 7.02. The van der Waals surface area contributed by atoms with Crippen LogP contribution in [0.2, 0.25) is 0 Å². The van der Waals surface area contributed by atoms with Gasteiger partial charge in [-0.1, -0.05) is 13.8 Å². The number of aromatic nitrogens is 2. The lowest BCUT2D eigenvalue weighted by molar-refractivity contribution is 0.478. The van der Waals surface area contributed by atoms with Crippen molar-refractivity contribution in [1.82, 2.24) is 10.2 Å². The third kappa shape index (κ3) is 2.81. The SMILES string of the molecule is CCC(C)(CC)Nc1cn[nH]c(=O)c1Br. The van der Waals surface area contributed by atoms with Gasteiger partial charge < -0.3 is 5.32 Å². The van der Waals surface area contributed by atoms with E-state index in [1.165, 1.54) is 0 Å². The molecule has 0 radical (unpaired) electrons. The van der Waals surface area contributed by atoms with Gasteiger partial charge in [0.2, 0.25) is 0 Å². The number of hydrogen-bond donors (Lipinski definition) is 2. The van der Waals surface area contributed by atoms with Crippen LogP contribution in [0.3, 0.4) is 0 Å². The lowest BCUT2D eigenvalue weighted by atomic mass is 9.95. The summed E-state index contributed by atoms with van der Waals surface area (Å²) in [5, 5.41) is 9.47. The quantitative estimate of drug-likeness (QED) is 0.887. The van der Waals surface area contributed by atoms with E-state index in [1.807, 2.05) is 0 Å². The molecule has 4 nitrogen and oxygen atoms in total. The molecule has 0 atom stereocenters. The molecule has 0 amide bonds. The lowest BCUT2D eigenvalue weighted by Gasteiger charge is -2.29. The first-order valence-electron chi connectivity index (χ1n) is 5.03. The van der Waals surface area contributed by atoms with Gasteiger partial charge in [-0.15, -0.1) is 0 Å². The van der Waals surface area contributed by atoms with Crippen molar-refractivity contribution in [3.8, 4) is 0 Å². The molecule has 0 bridgehead atoms. The Morgan fingerprint density at radius 2 is 2.13 bits per heavy atom. The molecule has 2 N–H and O–H groups in total. The van der Waals surface area contributed by atoms with Gasteiger partial charge >= 0.3 is 0 Å². The summed E-state index contributed by atoms with van der Waals surface area (Å²) < 4.78 is 0.505. The second kappa shape index (κ2) is 4.79. The Morgan fingerprint density at radius 3 is 2.67 bits per heavy atom. The zero-order valence-corrected chi connectivity index (χ0v) is 10.8. The highest BCUT2D eigenvalue weighted by Crippen LogP contribution is 2.24. The average Bonchev–Trinajstić information content (AvgIpc) is 2.25. The molecule has 0 aliphatic rings. The highest BCUT2D eigenvalue weighted by atomic mass is 79.9. The number of hydrogen-bond acceptors (Lipinski definition) is 3. The molecule has 0 aliphatic heterocycles. The highest BCUT2D eigenvalue weighted by Gasteiger charge is 2.20. The topological polar surface area (TPSA) is 57.8 Å². The summed E-state index contributed by atoms with van der Waals surface area (Å²) in [6, 6.07) is 0. The van der Waals surface area contributed by atoms with E-state index in [-0.39, 0.29) is 11.1 Å². The zero-order valence-electron chi connectivity index (χ0n) is 9.22. The Hall–Kier alpha value is -0.840. The Bertz CT molecular complexity index is 384. The fraction of sp³-hybridized carbons (Fsp3) is 0.600. The first kappa shape index (κ1) is 12.2. The smallest absolute Gasteiger partial charge is 0.280 e. The van der Waals surface area contributed by atoms with Crippen molar-refractivity contribution in [2.75, 3.05) is 5.32 Å². The monoisotopic (exact) mass is 273 g/mol. The van der Waals surface area contributed by atoms with Gasteiger partial charge in [-0.25, -0.2) is 5.10 Å². The Balaban J connectivity index is 2.99. The van der Waals surface area contributed by atoms with Crippen LogP contribution in [-0.2, 0) is 0 Å². The van der Waals surface area contributed by atoms with Gasteiger partial charge in [0.05, 0.1) is 11.9 Å². The third-order valence-electron chi connectivity index (χ3n) is 2.79. The molecule has 5 heteroatoms. The van der Waals surface area contributed by atoms with Gasteiger partial charge in [0.1, 0.15) is 4.47 Å². The lowest BCUT2D eigenvalue weighted by Crippen LogP contribution is -2.33. The molecule has 1 aromatic heterocycles. The van der Waals surface area contributed by atoms with Crippen LogP contribution in [0.5, 0.6) is 0 Å². The maximum atomic E-state index is 11.3. The van der Waals surface area contributed by atoms with Crippen molar-refractivity contribution < 1.29 is 0 Å². The molecule has 1 rings (SSSR count). The van der Waals surface area contributed by atoms with Crippen LogP contribution in [0.1, 0.15) is 33.6 Å². The third-order valence-corrected chi connectivity index (χ3v) is 3.58. The molecule has 0 aliphatic carbocycles. The molecular weight excluding hydrogens is 258 g/mol. The molecule has 1 aromatic rings. The summed E-state index contributed by atoms with van der Waals surface area (Å²) in [4.78, 5) is 11.3. The molecule has 0 saturated heterocycles. The summed E-state index contributed by atoms with van der Waals surface area (Å²) in [5.74, 6) is 0. The van der Waals surface area contributed by atoms with Crippen molar-refractivity contribution in [3.63, 3.8) is 0 Å². The van der Waals surface area contributed by atoms with Crippen LogP contribution in [-0.4, -0.2) is 15.7 Å². The van der Waals surface area contributed by atoms with Gasteiger partial charge in [-0.3, -0.25) is 4.79 Å². The molecule has 0 aromatic carbocycles. The summed E-state index contributed by atoms with van der Waals surface area (Å²) >= 11 is 3.24. The number of rotatable bonds is 4. The molecule has 0 saturated carbocycles. The number of nitrogens with one attached hydrogen (secondary N) is 2. The molecule has 0 unspecified atom stereocenters. The summed E-state index contributed by atoms with van der Waals surface area (Å²) in [6.07, 6.45) is 3.60. The molecule has 1 heterocycles. The molecule has 0 spiro atoms. The molecule has 84 valence electrons. The number of anilines is 1. The van der Waals surface area contributed by atoms with Crippen LogP contribution in [0.25, 0.3) is 0 Å². The van der Waals surface area contributed by atoms with Crippen molar-refractivity contribution in [2.24, 2.45) is 0 Å². The fourth-order valence-electron chi connectivity index (χ4n) is 1.22. The highest BCUT2D eigenvalue weighted by molar-refractivity contribution is 9.10. The molecular formula is C10H16BrN3O. The fourth-order valence-corrected chi connectivity index (χ4v) is 1.51. The standard InChI is InChI=1S/C10H16BrN3O/c1-4-10(3,5-2)13-7-6-12-14-9(15)8(7)11/h6H,4-5H2,1-3H3,(H2,13,14,15). The van der Waals surface area contributed by atoms with Crippen LogP contribution >= 0.6 is 15.9 Å². The number of H-pyrrole nitrogens is 1. The van der Waals surface area contributed by atoms with Gasteiger partial charge in [-0.05, 0) is 35.7 Å². The predicted molar refractivity (Wildman–Crippen MR) is 65.2 cm³/mol. The van der Waals surface area contributed by atoms with Crippen molar-refractivity contribution in [1.29, 1.82) is 0 Å². The van der Waals surface area contributed by atoms with Gasteiger partial charge in [0.25, 0.3) is 5.56 Å². The normalized spacial score (nSPS) is 11.5. The van der Waals surface area contributed by atoms with Crippen LogP contribution in [0.4, 0.5) is 5.69 Å². The summed E-state index contributed by atoms with van der Waals surface area (Å²) in [5.41, 5.74) is 0.525. The van der Waals surface area contributed by atoms with Gasteiger partial charge in [0, 0.05) is 5.54 Å². The largest absolute Gasteiger partial charge is 0.378 e. The number of halogens is 1. The van der Waals surface area contributed by atoms with Crippen LogP contribution in [0, 0.1) is 0 Å². The van der Waals surface area contributed by atoms with Crippen molar-refractivity contribution in [2.45, 2.75) is 39.2 Å². The average molecular weight is 274 g/mol. The minimum atomic E-state index is -0.213. The zero-order chi connectivity index (χ0) is 11.5. The minimum Gasteiger partial charge on any atom is -0.378 e. The number of nitrogens with zero attached hydrogens (tertiary/aromatic N) is 1. The van der Waals surface area contributed by atoms with Crippen LogP contribution in [0.15, 0.2) is 15.5 Å². The predicted octanol–water partition coefficient (Wildman–Crippen LogP) is 2.52. The van der Waals surface area contributed by atoms with Crippen LogP contribution < -0.4 is 10.9 Å². The van der Waals surface area contributed by atoms with E-state index < -0.39 is 0 Å². The van der Waals surface area contributed by atoms with Crippen molar-refractivity contribution in [3.05, 3.63) is 21.0 Å². The van der Waals surface area contributed by atoms with E-state index in [1.54, 1.807) is 6.20 Å². The summed E-state index contributed by atoms with van der Waals surface area (Å²) in [7, 11) is 0. The summed E-state index contributed by atoms with van der Waals surface area (Å²) in [6.45, 7) is 6.36. The maximum absolute atomic E-state index is 11.3. The first-order valence-corrected chi connectivity index (χ1v) is 5.83. The Morgan fingerprint density at radius 1 is 1.53 bits per heavy atom. The maximum Gasteiger partial charge on any atom is 0.280 e. The van der Waals surface area contributed by atoms with E-state index in [0.29, 0.717) is 4.47 Å². The van der Waals surface area contributed by atoms with Gasteiger partial charge in [-0.2, -0.15) is 5.10 Å². The second-order valence-corrected chi connectivity index (χ2v) is 4.61. The number of aromatic amines is 1. The Kier molecular flexibility index (Phi) is 3.90. The van der Waals surface area contributed by atoms with E-state index in [0.717, 1.165) is 18.5 Å². The molecule has 15 heavy (non-hydrogen) atoms. The van der Waals surface area contributed by atoms with E-state index in [2.05, 4.69) is 52.2 Å². The van der Waals surface area contributed by atoms with Crippen molar-refractivity contribution >= 4 is 21.6 Å². The minimum absolute atomic E-state index is 0.00199. The van der Waals surface area contributed by atoms with E-state index in [4.69, 9.17) is 0 Å². The Labute approximate surface area is 97.6 Å². The molecule has 0 fully saturated rings.